The van der Waals surface area contributed by atoms with Crippen LogP contribution in [0.5, 0.6) is 0 Å². The molecule has 1 aliphatic heterocycles. The molecule has 2 fully saturated rings. The molecule has 92 valence electrons. The van der Waals surface area contributed by atoms with Crippen LogP contribution in [0, 0.1) is 5.92 Å². The molecule has 0 bridgehead atoms. The zero-order valence-electron chi connectivity index (χ0n) is 10.3. The van der Waals surface area contributed by atoms with Gasteiger partial charge in [-0.05, 0) is 31.7 Å². The number of piperazine rings is 1. The van der Waals surface area contributed by atoms with Gasteiger partial charge in [0.05, 0.1) is 6.54 Å². The highest BCUT2D eigenvalue weighted by Crippen LogP contribution is 2.34. The zero-order chi connectivity index (χ0) is 11.7. The van der Waals surface area contributed by atoms with Crippen LogP contribution in [0.3, 0.4) is 0 Å². The molecule has 0 amide bonds. The molecule has 1 aromatic rings. The normalized spacial score (nSPS) is 30.4. The second kappa shape index (κ2) is 4.70. The number of rotatable bonds is 3. The van der Waals surface area contributed by atoms with E-state index in [1.807, 2.05) is 18.5 Å². The SMILES string of the molecule is CC1CNC(C2CC2)CN1Cc1ncccn1. The Kier molecular flexibility index (Phi) is 3.07. The summed E-state index contributed by atoms with van der Waals surface area (Å²) in [5.74, 6) is 1.86. The van der Waals surface area contributed by atoms with Crippen LogP contribution in [0.2, 0.25) is 0 Å². The van der Waals surface area contributed by atoms with Gasteiger partial charge in [0.25, 0.3) is 0 Å². The average molecular weight is 232 g/mol. The number of nitrogens with zero attached hydrogens (tertiary/aromatic N) is 3. The number of nitrogens with one attached hydrogen (secondary N) is 1. The van der Waals surface area contributed by atoms with Crippen molar-refractivity contribution in [3.8, 4) is 0 Å². The van der Waals surface area contributed by atoms with E-state index >= 15 is 0 Å². The molecule has 1 saturated heterocycles. The van der Waals surface area contributed by atoms with Crippen molar-refractivity contribution >= 4 is 0 Å². The fraction of sp³-hybridized carbons (Fsp3) is 0.692. The van der Waals surface area contributed by atoms with Gasteiger partial charge in [-0.2, -0.15) is 0 Å². The predicted octanol–water partition coefficient (Wildman–Crippen LogP) is 1.05. The van der Waals surface area contributed by atoms with Crippen molar-refractivity contribution in [1.82, 2.24) is 20.2 Å². The van der Waals surface area contributed by atoms with E-state index in [1.54, 1.807) is 0 Å². The fourth-order valence-corrected chi connectivity index (χ4v) is 2.58. The molecule has 1 N–H and O–H groups in total. The molecule has 0 radical (unpaired) electrons. The summed E-state index contributed by atoms with van der Waals surface area (Å²) in [4.78, 5) is 11.1. The Morgan fingerprint density at radius 2 is 2.12 bits per heavy atom. The molecular weight excluding hydrogens is 212 g/mol. The van der Waals surface area contributed by atoms with Crippen LogP contribution in [0.15, 0.2) is 18.5 Å². The lowest BCUT2D eigenvalue weighted by molar-refractivity contribution is 0.122. The van der Waals surface area contributed by atoms with Crippen LogP contribution in [0.25, 0.3) is 0 Å². The fourth-order valence-electron chi connectivity index (χ4n) is 2.58. The van der Waals surface area contributed by atoms with E-state index in [1.165, 1.54) is 12.8 Å². The number of hydrogen-bond acceptors (Lipinski definition) is 4. The standard InChI is InChI=1S/C13H20N4/c1-10-7-16-12(11-3-4-11)8-17(10)9-13-14-5-2-6-15-13/h2,5-6,10-12,16H,3-4,7-9H2,1H3. The van der Waals surface area contributed by atoms with E-state index in [-0.39, 0.29) is 0 Å². The third-order valence-electron chi connectivity index (χ3n) is 3.88. The summed E-state index contributed by atoms with van der Waals surface area (Å²) in [5, 5.41) is 3.66. The first-order valence-corrected chi connectivity index (χ1v) is 6.56. The van der Waals surface area contributed by atoms with Crippen molar-refractivity contribution in [3.63, 3.8) is 0 Å². The van der Waals surface area contributed by atoms with E-state index in [0.717, 1.165) is 31.4 Å². The first kappa shape index (κ1) is 11.1. The van der Waals surface area contributed by atoms with E-state index in [0.29, 0.717) is 12.1 Å². The van der Waals surface area contributed by atoms with Gasteiger partial charge in [-0.3, -0.25) is 4.90 Å². The molecule has 0 aromatic carbocycles. The average Bonchev–Trinajstić information content (AvgIpc) is 3.17. The summed E-state index contributed by atoms with van der Waals surface area (Å²) in [7, 11) is 0. The summed E-state index contributed by atoms with van der Waals surface area (Å²) < 4.78 is 0. The molecule has 2 atom stereocenters. The van der Waals surface area contributed by atoms with Gasteiger partial charge >= 0.3 is 0 Å². The Balaban J connectivity index is 1.64. The van der Waals surface area contributed by atoms with Crippen molar-refractivity contribution in [2.24, 2.45) is 5.92 Å². The topological polar surface area (TPSA) is 41.0 Å². The molecule has 1 aromatic heterocycles. The molecule has 2 aliphatic rings. The predicted molar refractivity (Wildman–Crippen MR) is 66.4 cm³/mol. The van der Waals surface area contributed by atoms with Gasteiger partial charge in [-0.25, -0.2) is 9.97 Å². The van der Waals surface area contributed by atoms with Crippen LogP contribution in [-0.4, -0.2) is 40.0 Å². The van der Waals surface area contributed by atoms with Crippen LogP contribution < -0.4 is 5.32 Å². The van der Waals surface area contributed by atoms with Gasteiger partial charge in [-0.15, -0.1) is 0 Å². The molecule has 0 spiro atoms. The minimum Gasteiger partial charge on any atom is -0.311 e. The monoisotopic (exact) mass is 232 g/mol. The van der Waals surface area contributed by atoms with Crippen LogP contribution in [0.4, 0.5) is 0 Å². The van der Waals surface area contributed by atoms with E-state index in [2.05, 4.69) is 27.1 Å². The lowest BCUT2D eigenvalue weighted by atomic mass is 10.1. The van der Waals surface area contributed by atoms with Crippen molar-refractivity contribution in [3.05, 3.63) is 24.3 Å². The molecule has 17 heavy (non-hydrogen) atoms. The van der Waals surface area contributed by atoms with Crippen molar-refractivity contribution in [2.45, 2.75) is 38.4 Å². The Bertz CT molecular complexity index is 363. The summed E-state index contributed by atoms with van der Waals surface area (Å²) in [6.45, 7) is 5.39. The first-order chi connectivity index (χ1) is 8.33. The maximum atomic E-state index is 4.32. The summed E-state index contributed by atoms with van der Waals surface area (Å²) in [6, 6.07) is 3.14. The van der Waals surface area contributed by atoms with Crippen molar-refractivity contribution in [2.75, 3.05) is 13.1 Å². The summed E-state index contributed by atoms with van der Waals surface area (Å²) in [5.41, 5.74) is 0. The smallest absolute Gasteiger partial charge is 0.142 e. The molecule has 3 rings (SSSR count). The Hall–Kier alpha value is -1.00. The second-order valence-corrected chi connectivity index (χ2v) is 5.30. The van der Waals surface area contributed by atoms with Crippen molar-refractivity contribution < 1.29 is 0 Å². The summed E-state index contributed by atoms with van der Waals surface area (Å²) >= 11 is 0. The van der Waals surface area contributed by atoms with Crippen molar-refractivity contribution in [1.29, 1.82) is 0 Å². The quantitative estimate of drug-likeness (QED) is 0.845. The number of aromatic nitrogens is 2. The maximum absolute atomic E-state index is 4.32. The van der Waals surface area contributed by atoms with Gasteiger partial charge < -0.3 is 5.32 Å². The molecule has 1 aliphatic carbocycles. The molecule has 2 heterocycles. The molecule has 4 heteroatoms. The Morgan fingerprint density at radius 3 is 2.82 bits per heavy atom. The lowest BCUT2D eigenvalue weighted by Crippen LogP contribution is -2.55. The third kappa shape index (κ3) is 2.64. The molecular formula is C13H20N4. The minimum absolute atomic E-state index is 0.578. The van der Waals surface area contributed by atoms with Gasteiger partial charge in [-0.1, -0.05) is 0 Å². The largest absolute Gasteiger partial charge is 0.311 e. The Morgan fingerprint density at radius 1 is 1.35 bits per heavy atom. The maximum Gasteiger partial charge on any atom is 0.142 e. The highest BCUT2D eigenvalue weighted by atomic mass is 15.2. The lowest BCUT2D eigenvalue weighted by Gasteiger charge is -2.38. The highest BCUT2D eigenvalue weighted by molar-refractivity contribution is 4.96. The molecule has 2 unspecified atom stereocenters. The molecule has 4 nitrogen and oxygen atoms in total. The van der Waals surface area contributed by atoms with E-state index < -0.39 is 0 Å². The third-order valence-corrected chi connectivity index (χ3v) is 3.88. The van der Waals surface area contributed by atoms with Crippen LogP contribution >= 0.6 is 0 Å². The van der Waals surface area contributed by atoms with E-state index in [9.17, 15) is 0 Å². The Labute approximate surface area is 102 Å². The minimum atomic E-state index is 0.578. The van der Waals surface area contributed by atoms with Gasteiger partial charge in [0.1, 0.15) is 5.82 Å². The first-order valence-electron chi connectivity index (χ1n) is 6.56. The number of hydrogen-bond donors (Lipinski definition) is 1. The van der Waals surface area contributed by atoms with Crippen LogP contribution in [0.1, 0.15) is 25.6 Å². The zero-order valence-corrected chi connectivity index (χ0v) is 10.3. The second-order valence-electron chi connectivity index (χ2n) is 5.30. The molecule has 1 saturated carbocycles. The van der Waals surface area contributed by atoms with Crippen LogP contribution in [-0.2, 0) is 6.54 Å². The van der Waals surface area contributed by atoms with Gasteiger partial charge in [0.2, 0.25) is 0 Å². The highest BCUT2D eigenvalue weighted by Gasteiger charge is 2.36. The van der Waals surface area contributed by atoms with Gasteiger partial charge in [0, 0.05) is 37.6 Å². The van der Waals surface area contributed by atoms with E-state index in [4.69, 9.17) is 0 Å². The summed E-state index contributed by atoms with van der Waals surface area (Å²) in [6.07, 6.45) is 6.46. The van der Waals surface area contributed by atoms with Gasteiger partial charge in [0.15, 0.2) is 0 Å².